The van der Waals surface area contributed by atoms with Crippen LogP contribution in [-0.4, -0.2) is 5.91 Å². The van der Waals surface area contributed by atoms with Crippen molar-refractivity contribution in [1.29, 1.82) is 0 Å². The van der Waals surface area contributed by atoms with E-state index >= 15 is 0 Å². The molecule has 0 aliphatic carbocycles. The van der Waals surface area contributed by atoms with E-state index in [4.69, 9.17) is 15.0 Å². The van der Waals surface area contributed by atoms with Gasteiger partial charge in [0, 0.05) is 0 Å². The molecule has 19 heavy (non-hydrogen) atoms. The Morgan fingerprint density at radius 2 is 2.26 bits per heavy atom. The number of ether oxygens (including phenoxy) is 1. The molecule has 0 spiro atoms. The highest BCUT2D eigenvalue weighted by Gasteiger charge is 2.09. The van der Waals surface area contributed by atoms with Crippen LogP contribution in [0.15, 0.2) is 41.0 Å². The summed E-state index contributed by atoms with van der Waals surface area (Å²) in [5.41, 5.74) is 3.63. The zero-order valence-corrected chi connectivity index (χ0v) is 10.7. The van der Waals surface area contributed by atoms with Crippen molar-refractivity contribution in [2.75, 3.05) is 0 Å². The fourth-order valence-corrected chi connectivity index (χ4v) is 1.67. The van der Waals surface area contributed by atoms with Gasteiger partial charge in [-0.3, -0.25) is 10.2 Å². The monoisotopic (exact) mass is 260 g/mol. The number of nitrogens with two attached hydrogens (primary N) is 1. The van der Waals surface area contributed by atoms with Gasteiger partial charge >= 0.3 is 0 Å². The molecule has 2 rings (SSSR count). The first kappa shape index (κ1) is 13.2. The van der Waals surface area contributed by atoms with Crippen LogP contribution in [0.25, 0.3) is 0 Å². The van der Waals surface area contributed by atoms with Crippen LogP contribution in [0.2, 0.25) is 0 Å². The molecule has 0 saturated carbocycles. The Bertz CT molecular complexity index is 563. The predicted molar refractivity (Wildman–Crippen MR) is 70.5 cm³/mol. The van der Waals surface area contributed by atoms with Crippen molar-refractivity contribution in [3.05, 3.63) is 53.5 Å². The number of carbonyl (C=O) groups excluding carboxylic acids is 1. The molecule has 5 nitrogen and oxygen atoms in total. The van der Waals surface area contributed by atoms with E-state index in [1.165, 1.54) is 11.8 Å². The smallest absolute Gasteiger partial charge is 0.268 e. The molecule has 0 aliphatic heterocycles. The van der Waals surface area contributed by atoms with Gasteiger partial charge in [-0.05, 0) is 30.2 Å². The summed E-state index contributed by atoms with van der Waals surface area (Å²) < 4.78 is 10.8. The lowest BCUT2D eigenvalue weighted by Crippen LogP contribution is -2.29. The van der Waals surface area contributed by atoms with Crippen LogP contribution in [0.4, 0.5) is 0 Å². The van der Waals surface area contributed by atoms with Gasteiger partial charge in [-0.2, -0.15) is 0 Å². The summed E-state index contributed by atoms with van der Waals surface area (Å²) in [7, 11) is 0. The fourth-order valence-electron chi connectivity index (χ4n) is 1.67. The topological polar surface area (TPSA) is 77.5 Å². The summed E-state index contributed by atoms with van der Waals surface area (Å²) in [6.45, 7) is 2.36. The number of rotatable bonds is 5. The van der Waals surface area contributed by atoms with Gasteiger partial charge in [0.25, 0.3) is 5.91 Å². The van der Waals surface area contributed by atoms with Crippen LogP contribution in [0, 0.1) is 0 Å². The molecule has 2 aromatic rings. The van der Waals surface area contributed by atoms with E-state index in [1.54, 1.807) is 6.07 Å². The summed E-state index contributed by atoms with van der Waals surface area (Å²) in [4.78, 5) is 11.2. The van der Waals surface area contributed by atoms with E-state index in [9.17, 15) is 4.79 Å². The van der Waals surface area contributed by atoms with Gasteiger partial charge in [0.2, 0.25) is 0 Å². The Morgan fingerprint density at radius 1 is 1.42 bits per heavy atom. The molecule has 0 aliphatic rings. The normalized spacial score (nSPS) is 10.2. The van der Waals surface area contributed by atoms with Gasteiger partial charge in [-0.25, -0.2) is 5.84 Å². The molecule has 0 fully saturated rings. The fraction of sp³-hybridized carbons (Fsp3) is 0.214. The van der Waals surface area contributed by atoms with Crippen LogP contribution in [0.1, 0.15) is 28.6 Å². The standard InChI is InChI=1S/C14H16N2O3/c1-2-10-4-3-5-12(6-10)19-9-13-7-11(8-18-13)14(17)16-15/h3-8H,2,9,15H2,1H3,(H,16,17). The van der Waals surface area contributed by atoms with Gasteiger partial charge in [-0.1, -0.05) is 19.1 Å². The van der Waals surface area contributed by atoms with E-state index in [1.807, 2.05) is 29.7 Å². The van der Waals surface area contributed by atoms with E-state index < -0.39 is 0 Å². The van der Waals surface area contributed by atoms with Crippen LogP contribution in [-0.2, 0) is 13.0 Å². The van der Waals surface area contributed by atoms with Gasteiger partial charge in [-0.15, -0.1) is 0 Å². The molecule has 100 valence electrons. The van der Waals surface area contributed by atoms with Crippen LogP contribution in [0.3, 0.4) is 0 Å². The van der Waals surface area contributed by atoms with E-state index in [2.05, 4.69) is 6.92 Å². The zero-order chi connectivity index (χ0) is 13.7. The number of amides is 1. The Balaban J connectivity index is 1.98. The molecule has 3 N–H and O–H groups in total. The number of aryl methyl sites for hydroxylation is 1. The molecular formula is C14H16N2O3. The Morgan fingerprint density at radius 3 is 3.00 bits per heavy atom. The maximum atomic E-state index is 11.2. The summed E-state index contributed by atoms with van der Waals surface area (Å²) >= 11 is 0. The molecule has 1 aromatic carbocycles. The molecule has 0 unspecified atom stereocenters. The Kier molecular flexibility index (Phi) is 4.20. The molecule has 0 atom stereocenters. The second-order valence-corrected chi connectivity index (χ2v) is 4.06. The molecule has 1 amide bonds. The minimum Gasteiger partial charge on any atom is -0.486 e. The van der Waals surface area contributed by atoms with Crippen molar-refractivity contribution >= 4 is 5.91 Å². The van der Waals surface area contributed by atoms with E-state index in [0.29, 0.717) is 11.3 Å². The average molecular weight is 260 g/mol. The van der Waals surface area contributed by atoms with Crippen molar-refractivity contribution in [2.24, 2.45) is 5.84 Å². The average Bonchev–Trinajstić information content (AvgIpc) is 2.93. The number of nitrogen functional groups attached to an aromatic ring is 1. The van der Waals surface area contributed by atoms with Crippen molar-refractivity contribution in [3.8, 4) is 5.75 Å². The lowest BCUT2D eigenvalue weighted by molar-refractivity contribution is 0.0953. The second kappa shape index (κ2) is 6.06. The number of carbonyl (C=O) groups is 1. The van der Waals surface area contributed by atoms with Gasteiger partial charge in [0.15, 0.2) is 0 Å². The molecule has 1 heterocycles. The number of benzene rings is 1. The number of nitrogens with one attached hydrogen (secondary N) is 1. The minimum atomic E-state index is -0.386. The molecular weight excluding hydrogens is 244 g/mol. The molecule has 1 aromatic heterocycles. The van der Waals surface area contributed by atoms with Crippen molar-refractivity contribution < 1.29 is 13.9 Å². The van der Waals surface area contributed by atoms with Crippen LogP contribution >= 0.6 is 0 Å². The van der Waals surface area contributed by atoms with Gasteiger partial charge < -0.3 is 9.15 Å². The number of furan rings is 1. The van der Waals surface area contributed by atoms with Crippen molar-refractivity contribution in [2.45, 2.75) is 20.0 Å². The number of hydrogen-bond acceptors (Lipinski definition) is 4. The Labute approximate surface area is 111 Å². The van der Waals surface area contributed by atoms with Crippen LogP contribution < -0.4 is 16.0 Å². The van der Waals surface area contributed by atoms with Crippen molar-refractivity contribution in [1.82, 2.24) is 5.43 Å². The first-order valence-corrected chi connectivity index (χ1v) is 6.03. The van der Waals surface area contributed by atoms with Crippen LogP contribution in [0.5, 0.6) is 5.75 Å². The number of hydrogen-bond donors (Lipinski definition) is 2. The highest BCUT2D eigenvalue weighted by atomic mass is 16.5. The maximum Gasteiger partial charge on any atom is 0.268 e. The predicted octanol–water partition coefficient (Wildman–Crippen LogP) is 2.02. The third kappa shape index (κ3) is 3.35. The minimum absolute atomic E-state index is 0.269. The SMILES string of the molecule is CCc1cccc(OCc2cc(C(=O)NN)co2)c1. The van der Waals surface area contributed by atoms with E-state index in [-0.39, 0.29) is 12.5 Å². The maximum absolute atomic E-state index is 11.2. The quantitative estimate of drug-likeness (QED) is 0.490. The largest absolute Gasteiger partial charge is 0.486 e. The third-order valence-corrected chi connectivity index (χ3v) is 2.73. The Hall–Kier alpha value is -2.27. The van der Waals surface area contributed by atoms with Gasteiger partial charge in [0.05, 0.1) is 5.56 Å². The molecule has 0 saturated heterocycles. The first-order valence-electron chi connectivity index (χ1n) is 6.03. The second-order valence-electron chi connectivity index (χ2n) is 4.06. The number of hydrazine groups is 1. The van der Waals surface area contributed by atoms with Gasteiger partial charge in [0.1, 0.15) is 24.4 Å². The molecule has 5 heteroatoms. The lowest BCUT2D eigenvalue weighted by atomic mass is 10.2. The van der Waals surface area contributed by atoms with E-state index in [0.717, 1.165) is 12.2 Å². The van der Waals surface area contributed by atoms with Crippen molar-refractivity contribution in [3.63, 3.8) is 0 Å². The lowest BCUT2D eigenvalue weighted by Gasteiger charge is -2.05. The highest BCUT2D eigenvalue weighted by molar-refractivity contribution is 5.93. The highest BCUT2D eigenvalue weighted by Crippen LogP contribution is 2.16. The first-order chi connectivity index (χ1) is 9.22. The summed E-state index contributed by atoms with van der Waals surface area (Å²) in [6, 6.07) is 9.46. The third-order valence-electron chi connectivity index (χ3n) is 2.73. The molecule has 0 bridgehead atoms. The summed E-state index contributed by atoms with van der Waals surface area (Å²) in [6.07, 6.45) is 2.31. The summed E-state index contributed by atoms with van der Waals surface area (Å²) in [5.74, 6) is 6.00. The molecule has 0 radical (unpaired) electrons. The zero-order valence-electron chi connectivity index (χ0n) is 10.7. The summed E-state index contributed by atoms with van der Waals surface area (Å²) in [5, 5.41) is 0.